The van der Waals surface area contributed by atoms with E-state index < -0.39 is 23.3 Å². The molecule has 3 aromatic heterocycles. The number of halogens is 4. The fourth-order valence-corrected chi connectivity index (χ4v) is 4.02. The van der Waals surface area contributed by atoms with Gasteiger partial charge in [0, 0.05) is 30.4 Å². The summed E-state index contributed by atoms with van der Waals surface area (Å²) in [4.78, 5) is 18.6. The summed E-state index contributed by atoms with van der Waals surface area (Å²) < 4.78 is 47.5. The molecule has 32 heavy (non-hydrogen) atoms. The second kappa shape index (κ2) is 7.56. The fourth-order valence-electron chi connectivity index (χ4n) is 3.77. The van der Waals surface area contributed by atoms with Gasteiger partial charge in [-0.3, -0.25) is 9.20 Å². The van der Waals surface area contributed by atoms with Crippen LogP contribution in [-0.2, 0) is 6.18 Å². The van der Waals surface area contributed by atoms with Crippen molar-refractivity contribution in [2.24, 2.45) is 0 Å². The summed E-state index contributed by atoms with van der Waals surface area (Å²) >= 11 is 6.38. The standard InChI is InChI=1S/C23H15ClF3N3O2/c24-20-19(22(31)29-8-6-15(11-29)14-4-2-1-3-5-14)28-21-18(23(25,26)27)10-17(12-30(20)21)16-7-9-32-13-16/h1-7,9-10,12-13H,8,11H2. The first kappa shape index (κ1) is 20.4. The van der Waals surface area contributed by atoms with E-state index in [1.165, 1.54) is 23.6 Å². The number of imidazole rings is 1. The van der Waals surface area contributed by atoms with Crippen LogP contribution in [-0.4, -0.2) is 33.3 Å². The highest BCUT2D eigenvalue weighted by atomic mass is 35.5. The third kappa shape index (κ3) is 3.46. The smallest absolute Gasteiger partial charge is 0.420 e. The second-order valence-corrected chi connectivity index (χ2v) is 7.74. The van der Waals surface area contributed by atoms with Crippen molar-refractivity contribution in [3.63, 3.8) is 0 Å². The van der Waals surface area contributed by atoms with E-state index in [1.54, 1.807) is 6.07 Å². The topological polar surface area (TPSA) is 50.8 Å². The number of hydrogen-bond donors (Lipinski definition) is 0. The van der Waals surface area contributed by atoms with E-state index in [2.05, 4.69) is 4.98 Å². The van der Waals surface area contributed by atoms with Crippen LogP contribution < -0.4 is 0 Å². The number of benzene rings is 1. The molecule has 0 spiro atoms. The summed E-state index contributed by atoms with van der Waals surface area (Å²) in [5.74, 6) is -0.529. The fraction of sp³-hybridized carbons (Fsp3) is 0.130. The molecule has 0 N–H and O–H groups in total. The molecule has 1 amide bonds. The van der Waals surface area contributed by atoms with Gasteiger partial charge in [0.15, 0.2) is 11.3 Å². The molecule has 0 atom stereocenters. The minimum Gasteiger partial charge on any atom is -0.472 e. The third-order valence-electron chi connectivity index (χ3n) is 5.38. The molecule has 9 heteroatoms. The lowest BCUT2D eigenvalue weighted by Gasteiger charge is -2.15. The molecule has 0 fully saturated rings. The Bertz CT molecular complexity index is 1340. The van der Waals surface area contributed by atoms with E-state index in [-0.39, 0.29) is 16.4 Å². The average Bonchev–Trinajstić information content (AvgIpc) is 3.53. The number of amides is 1. The highest BCUT2D eigenvalue weighted by Crippen LogP contribution is 2.37. The van der Waals surface area contributed by atoms with Gasteiger partial charge in [-0.1, -0.05) is 48.0 Å². The predicted molar refractivity (Wildman–Crippen MR) is 113 cm³/mol. The van der Waals surface area contributed by atoms with E-state index in [0.717, 1.165) is 21.6 Å². The average molecular weight is 458 g/mol. The third-order valence-corrected chi connectivity index (χ3v) is 5.74. The van der Waals surface area contributed by atoms with Gasteiger partial charge < -0.3 is 9.32 Å². The van der Waals surface area contributed by atoms with E-state index in [0.29, 0.717) is 18.7 Å². The van der Waals surface area contributed by atoms with Gasteiger partial charge in [-0.25, -0.2) is 4.98 Å². The summed E-state index contributed by atoms with van der Waals surface area (Å²) in [5.41, 5.74) is 1.00. The highest BCUT2D eigenvalue weighted by Gasteiger charge is 2.37. The number of carbonyl (C=O) groups is 1. The summed E-state index contributed by atoms with van der Waals surface area (Å²) in [7, 11) is 0. The van der Waals surface area contributed by atoms with Crippen LogP contribution in [0, 0.1) is 0 Å². The SMILES string of the molecule is O=C(c1nc2c(C(F)(F)F)cc(-c3ccoc3)cn2c1Cl)N1CC=C(c2ccccc2)C1. The predicted octanol–water partition coefficient (Wildman–Crippen LogP) is 5.81. The van der Waals surface area contributed by atoms with Crippen LogP contribution in [0.2, 0.25) is 5.15 Å². The lowest BCUT2D eigenvalue weighted by molar-refractivity contribution is -0.136. The van der Waals surface area contributed by atoms with Crippen molar-refractivity contribution >= 4 is 28.7 Å². The molecule has 162 valence electrons. The molecule has 0 aliphatic carbocycles. The molecule has 0 saturated heterocycles. The van der Waals surface area contributed by atoms with Crippen molar-refractivity contribution in [3.8, 4) is 11.1 Å². The van der Waals surface area contributed by atoms with Crippen LogP contribution in [0.4, 0.5) is 13.2 Å². The van der Waals surface area contributed by atoms with Crippen LogP contribution >= 0.6 is 11.6 Å². The van der Waals surface area contributed by atoms with Gasteiger partial charge >= 0.3 is 6.18 Å². The molecule has 1 aromatic carbocycles. The highest BCUT2D eigenvalue weighted by molar-refractivity contribution is 6.33. The molecule has 1 aliphatic rings. The molecule has 0 unspecified atom stereocenters. The van der Waals surface area contributed by atoms with Crippen molar-refractivity contribution in [2.75, 3.05) is 13.1 Å². The molecular weight excluding hydrogens is 443 g/mol. The molecule has 0 saturated carbocycles. The van der Waals surface area contributed by atoms with E-state index in [1.807, 2.05) is 36.4 Å². The van der Waals surface area contributed by atoms with E-state index in [9.17, 15) is 18.0 Å². The Kier molecular flexibility index (Phi) is 4.82. The van der Waals surface area contributed by atoms with Crippen LogP contribution in [0.15, 0.2) is 71.7 Å². The first-order valence-corrected chi connectivity index (χ1v) is 10.1. The van der Waals surface area contributed by atoms with Gasteiger partial charge in [0.1, 0.15) is 5.15 Å². The van der Waals surface area contributed by atoms with Gasteiger partial charge in [0.2, 0.25) is 0 Å². The Morgan fingerprint density at radius 2 is 1.88 bits per heavy atom. The number of carbonyl (C=O) groups excluding carboxylic acids is 1. The first-order valence-electron chi connectivity index (χ1n) is 9.68. The maximum Gasteiger partial charge on any atom is 0.420 e. The quantitative estimate of drug-likeness (QED) is 0.390. The van der Waals surface area contributed by atoms with Crippen LogP contribution in [0.3, 0.4) is 0 Å². The van der Waals surface area contributed by atoms with Crippen molar-refractivity contribution in [1.82, 2.24) is 14.3 Å². The minimum atomic E-state index is -4.69. The molecule has 0 bridgehead atoms. The van der Waals surface area contributed by atoms with Crippen molar-refractivity contribution in [1.29, 1.82) is 0 Å². The zero-order chi connectivity index (χ0) is 22.5. The zero-order valence-electron chi connectivity index (χ0n) is 16.4. The number of nitrogens with zero attached hydrogens (tertiary/aromatic N) is 3. The molecule has 1 aliphatic heterocycles. The van der Waals surface area contributed by atoms with Gasteiger partial charge in [-0.2, -0.15) is 13.2 Å². The second-order valence-electron chi connectivity index (χ2n) is 7.38. The number of rotatable bonds is 3. The Hall–Kier alpha value is -3.52. The van der Waals surface area contributed by atoms with Crippen molar-refractivity contribution in [3.05, 3.63) is 89.2 Å². The Labute approximate surface area is 185 Å². The molecule has 0 radical (unpaired) electrons. The molecule has 4 aromatic rings. The van der Waals surface area contributed by atoms with Crippen LogP contribution in [0.25, 0.3) is 22.3 Å². The molecular formula is C23H15ClF3N3O2. The van der Waals surface area contributed by atoms with Crippen molar-refractivity contribution in [2.45, 2.75) is 6.18 Å². The summed E-state index contributed by atoms with van der Waals surface area (Å²) in [6.07, 6.45) is 1.33. The Morgan fingerprint density at radius 3 is 2.56 bits per heavy atom. The normalized spacial score (nSPS) is 14.2. The Morgan fingerprint density at radius 1 is 1.09 bits per heavy atom. The van der Waals surface area contributed by atoms with Gasteiger partial charge in [0.25, 0.3) is 5.91 Å². The van der Waals surface area contributed by atoms with E-state index in [4.69, 9.17) is 16.0 Å². The first-order chi connectivity index (χ1) is 15.3. The maximum atomic E-state index is 13.8. The van der Waals surface area contributed by atoms with Crippen LogP contribution in [0.1, 0.15) is 21.6 Å². The lowest BCUT2D eigenvalue weighted by atomic mass is 10.1. The minimum absolute atomic E-state index is 0.172. The van der Waals surface area contributed by atoms with Gasteiger partial charge in [0.05, 0.1) is 18.1 Å². The monoisotopic (exact) mass is 457 g/mol. The largest absolute Gasteiger partial charge is 0.472 e. The number of aromatic nitrogens is 2. The van der Waals surface area contributed by atoms with Crippen molar-refractivity contribution < 1.29 is 22.4 Å². The molecule has 5 nitrogen and oxygen atoms in total. The Balaban J connectivity index is 1.54. The number of hydrogen-bond acceptors (Lipinski definition) is 3. The molecule has 5 rings (SSSR count). The maximum absolute atomic E-state index is 13.8. The summed E-state index contributed by atoms with van der Waals surface area (Å²) in [6.45, 7) is 0.638. The van der Waals surface area contributed by atoms with Crippen LogP contribution in [0.5, 0.6) is 0 Å². The van der Waals surface area contributed by atoms with Gasteiger partial charge in [-0.05, 0) is 23.3 Å². The van der Waals surface area contributed by atoms with E-state index >= 15 is 0 Å². The summed E-state index contributed by atoms with van der Waals surface area (Å²) in [6, 6.07) is 12.1. The number of furan rings is 1. The van der Waals surface area contributed by atoms with Gasteiger partial charge in [-0.15, -0.1) is 0 Å². The number of alkyl halides is 3. The number of pyridine rings is 1. The molecule has 4 heterocycles. The number of fused-ring (bicyclic) bond motifs is 1. The zero-order valence-corrected chi connectivity index (χ0v) is 17.2. The summed E-state index contributed by atoms with van der Waals surface area (Å²) in [5, 5.41) is -0.172. The lowest BCUT2D eigenvalue weighted by Crippen LogP contribution is -2.29.